The molecule has 1 atom stereocenters. The average Bonchev–Trinajstić information content (AvgIpc) is 3.44. The van der Waals surface area contributed by atoms with Gasteiger partial charge in [0.2, 0.25) is 11.8 Å². The molecule has 1 heterocycles. The highest BCUT2D eigenvalue weighted by molar-refractivity contribution is 5.83. The van der Waals surface area contributed by atoms with E-state index in [1.807, 2.05) is 0 Å². The Labute approximate surface area is 141 Å². The number of piperidine rings is 1. The highest BCUT2D eigenvalue weighted by atomic mass is 16.2. The number of carbonyl (C=O) groups is 2. The van der Waals surface area contributed by atoms with E-state index in [1.54, 1.807) is 29.2 Å². The van der Waals surface area contributed by atoms with Crippen molar-refractivity contribution in [2.45, 2.75) is 31.7 Å². The summed E-state index contributed by atoms with van der Waals surface area (Å²) < 4.78 is 0. The molecule has 2 aliphatic rings. The van der Waals surface area contributed by atoms with Gasteiger partial charge >= 0.3 is 0 Å². The number of carbonyl (C=O) groups excluding carboxylic acids is 2. The zero-order chi connectivity index (χ0) is 16.9. The van der Waals surface area contributed by atoms with Gasteiger partial charge in [0.1, 0.15) is 0 Å². The van der Waals surface area contributed by atoms with Crippen molar-refractivity contribution in [3.8, 4) is 6.07 Å². The number of nitrogens with zero attached hydrogens (tertiary/aromatic N) is 2. The topological polar surface area (TPSA) is 85.2 Å². The number of amides is 2. The Bertz CT molecular complexity index is 646. The molecule has 1 saturated heterocycles. The number of nitriles is 1. The van der Waals surface area contributed by atoms with Crippen LogP contribution in [0.5, 0.6) is 0 Å². The van der Waals surface area contributed by atoms with Gasteiger partial charge in [-0.1, -0.05) is 0 Å². The predicted octanol–water partition coefficient (Wildman–Crippen LogP) is 1.49. The molecule has 1 aliphatic heterocycles. The maximum Gasteiger partial charge on any atom is 0.241 e. The van der Waals surface area contributed by atoms with Crippen LogP contribution in [0.1, 0.15) is 31.2 Å². The lowest BCUT2D eigenvalue weighted by atomic mass is 9.97. The lowest BCUT2D eigenvalue weighted by Gasteiger charge is -2.32. The molecule has 1 unspecified atom stereocenters. The van der Waals surface area contributed by atoms with E-state index in [0.717, 1.165) is 31.4 Å². The fourth-order valence-corrected chi connectivity index (χ4v) is 2.92. The number of benzene rings is 1. The third kappa shape index (κ3) is 4.25. The first-order valence-electron chi connectivity index (χ1n) is 8.48. The minimum atomic E-state index is -0.0850. The van der Waals surface area contributed by atoms with Crippen molar-refractivity contribution in [2.75, 3.05) is 25.0 Å². The maximum absolute atomic E-state index is 12.4. The molecular formula is C18H22N4O2. The Kier molecular flexibility index (Phi) is 4.99. The number of hydrogen-bond acceptors (Lipinski definition) is 4. The maximum atomic E-state index is 12.4. The van der Waals surface area contributed by atoms with Crippen LogP contribution in [-0.2, 0) is 9.59 Å². The molecule has 3 rings (SSSR count). The molecule has 126 valence electrons. The SMILES string of the molecule is N#Cc1ccc(NCC(=O)N2CCCC(C(=O)NC3CC3)C2)cc1. The predicted molar refractivity (Wildman–Crippen MR) is 90.1 cm³/mol. The smallest absolute Gasteiger partial charge is 0.241 e. The first kappa shape index (κ1) is 16.3. The van der Waals surface area contributed by atoms with Crippen LogP contribution in [0.15, 0.2) is 24.3 Å². The van der Waals surface area contributed by atoms with E-state index in [1.165, 1.54) is 0 Å². The van der Waals surface area contributed by atoms with E-state index in [4.69, 9.17) is 5.26 Å². The molecule has 1 aromatic carbocycles. The number of likely N-dealkylation sites (tertiary alicyclic amines) is 1. The summed E-state index contributed by atoms with van der Waals surface area (Å²) in [5, 5.41) is 14.9. The molecule has 1 aromatic rings. The lowest BCUT2D eigenvalue weighted by molar-refractivity contribution is -0.134. The van der Waals surface area contributed by atoms with Crippen molar-refractivity contribution >= 4 is 17.5 Å². The van der Waals surface area contributed by atoms with E-state index in [2.05, 4.69) is 16.7 Å². The zero-order valence-electron chi connectivity index (χ0n) is 13.6. The Morgan fingerprint density at radius 1 is 1.21 bits per heavy atom. The van der Waals surface area contributed by atoms with Gasteiger partial charge in [-0.05, 0) is 49.9 Å². The van der Waals surface area contributed by atoms with Crippen LogP contribution < -0.4 is 10.6 Å². The third-order valence-corrected chi connectivity index (χ3v) is 4.53. The summed E-state index contributed by atoms with van der Waals surface area (Å²) in [5.41, 5.74) is 1.40. The van der Waals surface area contributed by atoms with E-state index in [9.17, 15) is 9.59 Å². The molecule has 0 bridgehead atoms. The largest absolute Gasteiger partial charge is 0.376 e. The highest BCUT2D eigenvalue weighted by Crippen LogP contribution is 2.22. The molecule has 1 saturated carbocycles. The van der Waals surface area contributed by atoms with Gasteiger partial charge in [-0.25, -0.2) is 0 Å². The van der Waals surface area contributed by atoms with Gasteiger partial charge in [0.25, 0.3) is 0 Å². The van der Waals surface area contributed by atoms with Crippen molar-refractivity contribution < 1.29 is 9.59 Å². The molecule has 0 spiro atoms. The van der Waals surface area contributed by atoms with Crippen LogP contribution in [0.25, 0.3) is 0 Å². The summed E-state index contributed by atoms with van der Waals surface area (Å²) in [5.74, 6) is 0.0107. The standard InChI is InChI=1S/C18H22N4O2/c19-10-13-3-5-15(6-4-13)20-11-17(23)22-9-1-2-14(12-22)18(24)21-16-7-8-16/h3-6,14,16,20H,1-2,7-9,11-12H2,(H,21,24). The Morgan fingerprint density at radius 2 is 1.96 bits per heavy atom. The van der Waals surface area contributed by atoms with Crippen LogP contribution in [0.2, 0.25) is 0 Å². The minimum absolute atomic E-state index is 0.00304. The van der Waals surface area contributed by atoms with Crippen molar-refractivity contribution in [2.24, 2.45) is 5.92 Å². The molecule has 6 nitrogen and oxygen atoms in total. The van der Waals surface area contributed by atoms with E-state index in [-0.39, 0.29) is 24.3 Å². The molecule has 2 fully saturated rings. The van der Waals surface area contributed by atoms with Gasteiger partial charge in [0, 0.05) is 24.8 Å². The first-order chi connectivity index (χ1) is 11.7. The second-order valence-corrected chi connectivity index (χ2v) is 6.50. The summed E-state index contributed by atoms with van der Waals surface area (Å²) in [7, 11) is 0. The molecule has 6 heteroatoms. The lowest BCUT2D eigenvalue weighted by Crippen LogP contribution is -2.47. The van der Waals surface area contributed by atoms with Gasteiger partial charge in [-0.3, -0.25) is 9.59 Å². The number of anilines is 1. The summed E-state index contributed by atoms with van der Waals surface area (Å²) in [4.78, 5) is 26.3. The van der Waals surface area contributed by atoms with Crippen LogP contribution in [0.4, 0.5) is 5.69 Å². The Morgan fingerprint density at radius 3 is 2.62 bits per heavy atom. The number of nitrogens with one attached hydrogen (secondary N) is 2. The molecule has 2 N–H and O–H groups in total. The molecular weight excluding hydrogens is 304 g/mol. The highest BCUT2D eigenvalue weighted by Gasteiger charge is 2.31. The van der Waals surface area contributed by atoms with Gasteiger partial charge in [-0.2, -0.15) is 5.26 Å². The Hall–Kier alpha value is -2.55. The third-order valence-electron chi connectivity index (χ3n) is 4.53. The average molecular weight is 326 g/mol. The zero-order valence-corrected chi connectivity index (χ0v) is 13.6. The monoisotopic (exact) mass is 326 g/mol. The van der Waals surface area contributed by atoms with Crippen molar-refractivity contribution in [1.29, 1.82) is 5.26 Å². The second-order valence-electron chi connectivity index (χ2n) is 6.50. The molecule has 1 aliphatic carbocycles. The van der Waals surface area contributed by atoms with E-state index < -0.39 is 0 Å². The minimum Gasteiger partial charge on any atom is -0.376 e. The summed E-state index contributed by atoms with van der Waals surface area (Å²) in [6, 6.07) is 9.43. The molecule has 24 heavy (non-hydrogen) atoms. The molecule has 0 radical (unpaired) electrons. The van der Waals surface area contributed by atoms with Gasteiger partial charge in [0.15, 0.2) is 0 Å². The molecule has 2 amide bonds. The van der Waals surface area contributed by atoms with Gasteiger partial charge in [-0.15, -0.1) is 0 Å². The van der Waals surface area contributed by atoms with Gasteiger partial charge in [0.05, 0.1) is 24.1 Å². The number of rotatable bonds is 5. The summed E-state index contributed by atoms with van der Waals surface area (Å²) >= 11 is 0. The summed E-state index contributed by atoms with van der Waals surface area (Å²) in [6.45, 7) is 1.41. The number of hydrogen-bond donors (Lipinski definition) is 2. The molecule has 0 aromatic heterocycles. The van der Waals surface area contributed by atoms with Crippen LogP contribution in [0.3, 0.4) is 0 Å². The Balaban J connectivity index is 1.48. The van der Waals surface area contributed by atoms with Crippen molar-refractivity contribution in [3.05, 3.63) is 29.8 Å². The fourth-order valence-electron chi connectivity index (χ4n) is 2.92. The van der Waals surface area contributed by atoms with Crippen LogP contribution in [0, 0.1) is 17.2 Å². The summed E-state index contributed by atoms with van der Waals surface area (Å²) in [6.07, 6.45) is 3.88. The van der Waals surface area contributed by atoms with Gasteiger partial charge < -0.3 is 15.5 Å². The van der Waals surface area contributed by atoms with Crippen molar-refractivity contribution in [1.82, 2.24) is 10.2 Å². The van der Waals surface area contributed by atoms with Crippen LogP contribution in [-0.4, -0.2) is 42.4 Å². The van der Waals surface area contributed by atoms with Crippen LogP contribution >= 0.6 is 0 Å². The second kappa shape index (κ2) is 7.35. The van der Waals surface area contributed by atoms with E-state index >= 15 is 0 Å². The quantitative estimate of drug-likeness (QED) is 0.858. The first-order valence-corrected chi connectivity index (χ1v) is 8.48. The van der Waals surface area contributed by atoms with Crippen molar-refractivity contribution in [3.63, 3.8) is 0 Å². The fraction of sp³-hybridized carbons (Fsp3) is 0.500. The van der Waals surface area contributed by atoms with E-state index in [0.29, 0.717) is 24.7 Å². The normalized spacial score (nSPS) is 20.1.